The van der Waals surface area contributed by atoms with E-state index in [1.54, 1.807) is 20.8 Å². The van der Waals surface area contributed by atoms with E-state index in [4.69, 9.17) is 4.74 Å². The molecule has 2 aliphatic rings. The molecule has 0 spiro atoms. The topological polar surface area (TPSA) is 58.2 Å². The molecule has 2 atom stereocenters. The molecule has 1 aliphatic heterocycles. The Morgan fingerprint density at radius 2 is 2.00 bits per heavy atom. The van der Waals surface area contributed by atoms with Crippen LogP contribution in [0.3, 0.4) is 0 Å². The zero-order valence-electron chi connectivity index (χ0n) is 12.6. The summed E-state index contributed by atoms with van der Waals surface area (Å²) in [6.07, 6.45) is -4.46. The zero-order valence-corrected chi connectivity index (χ0v) is 12.6. The number of nitrogens with zero attached hydrogens (tertiary/aromatic N) is 2. The highest BCUT2D eigenvalue weighted by molar-refractivity contribution is 5.69. The van der Waals surface area contributed by atoms with Crippen LogP contribution in [0.25, 0.3) is 0 Å². The Morgan fingerprint density at radius 1 is 1.32 bits per heavy atom. The molecular weight excluding hydrogens is 299 g/mol. The molecule has 0 radical (unpaired) electrons. The molecule has 122 valence electrons. The summed E-state index contributed by atoms with van der Waals surface area (Å²) in [5.74, 6) is -0.335. The number of H-pyrrole nitrogens is 1. The summed E-state index contributed by atoms with van der Waals surface area (Å²) in [7, 11) is 0. The molecule has 1 saturated heterocycles. The van der Waals surface area contributed by atoms with Gasteiger partial charge < -0.3 is 9.64 Å². The molecule has 1 N–H and O–H groups in total. The summed E-state index contributed by atoms with van der Waals surface area (Å²) in [5, 5.41) is 5.90. The number of aromatic nitrogens is 2. The van der Waals surface area contributed by atoms with Crippen molar-refractivity contribution in [3.05, 3.63) is 17.0 Å². The maximum atomic E-state index is 13.0. The highest BCUT2D eigenvalue weighted by atomic mass is 19.4. The van der Waals surface area contributed by atoms with Gasteiger partial charge in [-0.15, -0.1) is 0 Å². The highest BCUT2D eigenvalue weighted by Crippen LogP contribution is 2.47. The van der Waals surface area contributed by atoms with Gasteiger partial charge in [0.15, 0.2) is 0 Å². The minimum atomic E-state index is -4.45. The van der Waals surface area contributed by atoms with Crippen LogP contribution in [-0.2, 0) is 17.3 Å². The van der Waals surface area contributed by atoms with Gasteiger partial charge in [0.25, 0.3) is 0 Å². The van der Waals surface area contributed by atoms with E-state index < -0.39 is 23.6 Å². The third kappa shape index (κ3) is 2.55. The lowest BCUT2D eigenvalue weighted by atomic mass is 9.95. The lowest BCUT2D eigenvalue weighted by Crippen LogP contribution is -2.35. The summed E-state index contributed by atoms with van der Waals surface area (Å²) >= 11 is 0. The first-order valence-corrected chi connectivity index (χ1v) is 7.18. The van der Waals surface area contributed by atoms with Crippen molar-refractivity contribution < 1.29 is 22.7 Å². The number of halogens is 3. The quantitative estimate of drug-likeness (QED) is 0.800. The van der Waals surface area contributed by atoms with Crippen LogP contribution in [0.15, 0.2) is 0 Å². The van der Waals surface area contributed by atoms with Crippen LogP contribution in [0.1, 0.15) is 43.6 Å². The first-order chi connectivity index (χ1) is 10.1. The van der Waals surface area contributed by atoms with Gasteiger partial charge in [0.1, 0.15) is 11.3 Å². The number of amides is 1. The van der Waals surface area contributed by atoms with Crippen molar-refractivity contribution in [2.75, 3.05) is 13.1 Å². The van der Waals surface area contributed by atoms with Crippen LogP contribution in [0, 0.1) is 5.92 Å². The van der Waals surface area contributed by atoms with E-state index in [9.17, 15) is 18.0 Å². The number of rotatable bonds is 0. The van der Waals surface area contributed by atoms with Gasteiger partial charge in [-0.1, -0.05) is 0 Å². The molecule has 1 fully saturated rings. The number of hydrogen-bond acceptors (Lipinski definition) is 3. The first-order valence-electron chi connectivity index (χ1n) is 7.18. The maximum absolute atomic E-state index is 13.0. The number of nitrogens with one attached hydrogen (secondary N) is 1. The molecule has 1 aromatic heterocycles. The minimum absolute atomic E-state index is 0.0132. The van der Waals surface area contributed by atoms with Gasteiger partial charge >= 0.3 is 12.3 Å². The summed E-state index contributed by atoms with van der Waals surface area (Å²) < 4.78 is 44.4. The summed E-state index contributed by atoms with van der Waals surface area (Å²) in [5.41, 5.74) is -0.692. The number of carbonyl (C=O) groups is 1. The first kappa shape index (κ1) is 15.2. The molecule has 1 aromatic rings. The fraction of sp³-hybridized carbons (Fsp3) is 0.714. The Kier molecular flexibility index (Phi) is 3.19. The number of aromatic amines is 1. The minimum Gasteiger partial charge on any atom is -0.444 e. The molecule has 5 nitrogen and oxygen atoms in total. The average molecular weight is 317 g/mol. The molecular formula is C14H18F3N3O2. The van der Waals surface area contributed by atoms with E-state index in [2.05, 4.69) is 10.2 Å². The Labute approximate surface area is 125 Å². The molecule has 0 aromatic carbocycles. The van der Waals surface area contributed by atoms with E-state index in [-0.39, 0.29) is 23.9 Å². The smallest absolute Gasteiger partial charge is 0.433 e. The Hall–Kier alpha value is -1.73. The second kappa shape index (κ2) is 4.63. The normalized spacial score (nSPS) is 24.4. The Morgan fingerprint density at radius 3 is 2.59 bits per heavy atom. The van der Waals surface area contributed by atoms with Crippen molar-refractivity contribution in [2.24, 2.45) is 5.92 Å². The summed E-state index contributed by atoms with van der Waals surface area (Å²) in [6, 6.07) is 0. The maximum Gasteiger partial charge on any atom is 0.433 e. The van der Waals surface area contributed by atoms with E-state index in [1.807, 2.05) is 0 Å². The molecule has 8 heteroatoms. The van der Waals surface area contributed by atoms with Crippen molar-refractivity contribution in [1.29, 1.82) is 0 Å². The Bertz CT molecular complexity index is 603. The van der Waals surface area contributed by atoms with Gasteiger partial charge in [0.05, 0.1) is 5.69 Å². The molecule has 0 bridgehead atoms. The van der Waals surface area contributed by atoms with Crippen molar-refractivity contribution in [3.8, 4) is 0 Å². The number of ether oxygens (including phenoxy) is 1. The SMILES string of the molecule is CC(C)(C)OC(=O)N1CC2Cc3n[nH]c(C(F)(F)F)c3C2C1. The number of alkyl halides is 3. The van der Waals surface area contributed by atoms with Crippen molar-refractivity contribution >= 4 is 6.09 Å². The predicted molar refractivity (Wildman–Crippen MR) is 71.3 cm³/mol. The molecule has 2 heterocycles. The van der Waals surface area contributed by atoms with Crippen LogP contribution in [0.2, 0.25) is 0 Å². The number of fused-ring (bicyclic) bond motifs is 3. The van der Waals surface area contributed by atoms with Crippen molar-refractivity contribution in [3.63, 3.8) is 0 Å². The number of likely N-dealkylation sites (tertiary alicyclic amines) is 1. The fourth-order valence-electron chi connectivity index (χ4n) is 3.29. The van der Waals surface area contributed by atoms with Crippen LogP contribution < -0.4 is 0 Å². The predicted octanol–water partition coefficient (Wildman–Crippen LogP) is 2.94. The van der Waals surface area contributed by atoms with Gasteiger partial charge in [-0.2, -0.15) is 18.3 Å². The largest absolute Gasteiger partial charge is 0.444 e. The molecule has 0 saturated carbocycles. The molecule has 1 amide bonds. The second-order valence-electron chi connectivity index (χ2n) is 6.91. The van der Waals surface area contributed by atoms with Gasteiger partial charge in [-0.3, -0.25) is 5.10 Å². The number of carbonyl (C=O) groups excluding carboxylic acids is 1. The molecule has 2 unspecified atom stereocenters. The van der Waals surface area contributed by atoms with Gasteiger partial charge in [0.2, 0.25) is 0 Å². The summed E-state index contributed by atoms with van der Waals surface area (Å²) in [6.45, 7) is 5.94. The van der Waals surface area contributed by atoms with Crippen LogP contribution in [0.5, 0.6) is 0 Å². The van der Waals surface area contributed by atoms with Crippen molar-refractivity contribution in [1.82, 2.24) is 15.1 Å². The second-order valence-corrected chi connectivity index (χ2v) is 6.91. The fourth-order valence-corrected chi connectivity index (χ4v) is 3.29. The highest BCUT2D eigenvalue weighted by Gasteiger charge is 2.49. The number of hydrogen-bond donors (Lipinski definition) is 1. The monoisotopic (exact) mass is 317 g/mol. The van der Waals surface area contributed by atoms with Gasteiger partial charge in [0, 0.05) is 24.6 Å². The van der Waals surface area contributed by atoms with E-state index >= 15 is 0 Å². The molecule has 3 rings (SSSR count). The third-order valence-electron chi connectivity index (χ3n) is 4.09. The molecule has 22 heavy (non-hydrogen) atoms. The average Bonchev–Trinajstić information content (AvgIpc) is 2.92. The standard InChI is InChI=1S/C14H18F3N3O2/c1-13(2,3)22-12(21)20-5-7-4-9-10(8(7)6-20)11(19-18-9)14(15,16)17/h7-8H,4-6H2,1-3H3,(H,18,19). The summed E-state index contributed by atoms with van der Waals surface area (Å²) in [4.78, 5) is 13.6. The van der Waals surface area contributed by atoms with Gasteiger partial charge in [-0.25, -0.2) is 4.79 Å². The lowest BCUT2D eigenvalue weighted by molar-refractivity contribution is -0.142. The van der Waals surface area contributed by atoms with Gasteiger partial charge in [-0.05, 0) is 33.1 Å². The molecule has 1 aliphatic carbocycles. The zero-order chi connectivity index (χ0) is 16.3. The third-order valence-corrected chi connectivity index (χ3v) is 4.09. The van der Waals surface area contributed by atoms with Crippen molar-refractivity contribution in [2.45, 2.75) is 44.9 Å². The lowest BCUT2D eigenvalue weighted by Gasteiger charge is -2.24. The Balaban J connectivity index is 1.79. The van der Waals surface area contributed by atoms with E-state index in [1.165, 1.54) is 4.90 Å². The van der Waals surface area contributed by atoms with Crippen LogP contribution in [0.4, 0.5) is 18.0 Å². The van der Waals surface area contributed by atoms with E-state index in [0.717, 1.165) is 0 Å². The van der Waals surface area contributed by atoms with Crippen LogP contribution in [-0.4, -0.2) is 39.9 Å². The van der Waals surface area contributed by atoms with Crippen LogP contribution >= 0.6 is 0 Å². The van der Waals surface area contributed by atoms with E-state index in [0.29, 0.717) is 18.7 Å².